The second-order valence-electron chi connectivity index (χ2n) is 7.87. The Morgan fingerprint density at radius 2 is 1.90 bits per heavy atom. The van der Waals surface area contributed by atoms with Crippen LogP contribution >= 0.6 is 0 Å². The number of pyridine rings is 1. The van der Waals surface area contributed by atoms with Crippen LogP contribution in [0.4, 0.5) is 13.2 Å². The molecule has 2 fully saturated rings. The number of hydrogen-bond donors (Lipinski definition) is 1. The van der Waals surface area contributed by atoms with Gasteiger partial charge in [-0.1, -0.05) is 40.6 Å². The molecule has 1 aromatic heterocycles. The SMILES string of the molecule is O=[S+]1([O-])N(Cc2ccccc2)C[C@@H](O)[C@]12CCN(Cc1ccc(C(F)(F)F)nc1)C2. The monoisotopic (exact) mass is 441 g/mol. The highest BCUT2D eigenvalue weighted by atomic mass is 32.3. The van der Waals surface area contributed by atoms with E-state index >= 15 is 0 Å². The first-order valence-electron chi connectivity index (χ1n) is 9.58. The summed E-state index contributed by atoms with van der Waals surface area (Å²) < 4.78 is 64.6. The van der Waals surface area contributed by atoms with Crippen LogP contribution in [0.5, 0.6) is 0 Å². The topological polar surface area (TPSA) is 79.7 Å². The average molecular weight is 441 g/mol. The number of aromatic nitrogens is 1. The number of nitrogens with zero attached hydrogens (tertiary/aromatic N) is 3. The first kappa shape index (κ1) is 21.4. The Labute approximate surface area is 173 Å². The summed E-state index contributed by atoms with van der Waals surface area (Å²) in [6, 6.07) is 11.5. The number of halogens is 3. The minimum Gasteiger partial charge on any atom is -0.597 e. The molecule has 0 radical (unpaired) electrons. The van der Waals surface area contributed by atoms with Gasteiger partial charge in [0.25, 0.3) is 0 Å². The van der Waals surface area contributed by atoms with Crippen LogP contribution in [0.25, 0.3) is 0 Å². The van der Waals surface area contributed by atoms with Crippen molar-refractivity contribution in [3.63, 3.8) is 0 Å². The van der Waals surface area contributed by atoms with Gasteiger partial charge in [-0.25, -0.2) is 0 Å². The molecule has 0 aliphatic carbocycles. The molecular weight excluding hydrogens is 419 g/mol. The molecule has 3 atom stereocenters. The van der Waals surface area contributed by atoms with Crippen LogP contribution in [0, 0.1) is 0 Å². The van der Waals surface area contributed by atoms with Gasteiger partial charge < -0.3 is 9.66 Å². The molecule has 4 rings (SSSR count). The van der Waals surface area contributed by atoms with E-state index in [1.807, 2.05) is 35.2 Å². The van der Waals surface area contributed by atoms with Crippen LogP contribution in [0.3, 0.4) is 0 Å². The van der Waals surface area contributed by atoms with Crippen LogP contribution in [0.2, 0.25) is 0 Å². The zero-order valence-corrected chi connectivity index (χ0v) is 16.9. The number of alkyl halides is 3. The molecule has 2 aliphatic rings. The summed E-state index contributed by atoms with van der Waals surface area (Å²) >= 11 is 0. The van der Waals surface area contributed by atoms with Crippen molar-refractivity contribution >= 4 is 10.4 Å². The van der Waals surface area contributed by atoms with E-state index in [4.69, 9.17) is 0 Å². The van der Waals surface area contributed by atoms with E-state index in [0.29, 0.717) is 12.1 Å². The second-order valence-corrected chi connectivity index (χ2v) is 10.2. The minimum atomic E-state index is -4.50. The van der Waals surface area contributed by atoms with Crippen molar-refractivity contribution < 1.29 is 27.0 Å². The van der Waals surface area contributed by atoms with Crippen molar-refractivity contribution in [3.05, 3.63) is 65.5 Å². The molecule has 30 heavy (non-hydrogen) atoms. The summed E-state index contributed by atoms with van der Waals surface area (Å²) in [5.74, 6) is 0. The molecule has 3 heterocycles. The summed E-state index contributed by atoms with van der Waals surface area (Å²) in [4.78, 5) is 5.30. The molecule has 6 nitrogen and oxygen atoms in total. The fraction of sp³-hybridized carbons (Fsp3) is 0.450. The van der Waals surface area contributed by atoms with Gasteiger partial charge in [0.15, 0.2) is 4.75 Å². The van der Waals surface area contributed by atoms with Crippen molar-refractivity contribution in [3.8, 4) is 0 Å². The van der Waals surface area contributed by atoms with Gasteiger partial charge in [0.05, 0.1) is 19.6 Å². The Balaban J connectivity index is 1.47. The number of sulfonamides is 1. The zero-order chi connectivity index (χ0) is 21.6. The lowest BCUT2D eigenvalue weighted by Gasteiger charge is -2.32. The third kappa shape index (κ3) is 3.78. The van der Waals surface area contributed by atoms with Crippen LogP contribution < -0.4 is 0 Å². The van der Waals surface area contributed by atoms with Gasteiger partial charge in [-0.05, 0) is 17.2 Å². The second kappa shape index (κ2) is 7.69. The van der Waals surface area contributed by atoms with Gasteiger partial charge in [0.1, 0.15) is 22.2 Å². The van der Waals surface area contributed by atoms with Crippen molar-refractivity contribution in [2.75, 3.05) is 19.6 Å². The summed E-state index contributed by atoms with van der Waals surface area (Å²) in [7, 11) is -3.75. The number of rotatable bonds is 4. The van der Waals surface area contributed by atoms with E-state index in [1.165, 1.54) is 10.4 Å². The van der Waals surface area contributed by atoms with Crippen LogP contribution in [0.1, 0.15) is 23.2 Å². The average Bonchev–Trinajstić information content (AvgIpc) is 3.20. The Bertz CT molecular complexity index is 942. The van der Waals surface area contributed by atoms with Gasteiger partial charge >= 0.3 is 6.18 Å². The van der Waals surface area contributed by atoms with Gasteiger partial charge in [-0.15, -0.1) is 4.31 Å². The molecule has 162 valence electrons. The molecule has 1 spiro atoms. The number of hydrogen-bond acceptors (Lipinski definition) is 5. The quantitative estimate of drug-likeness (QED) is 0.738. The predicted molar refractivity (Wildman–Crippen MR) is 104 cm³/mol. The van der Waals surface area contributed by atoms with E-state index in [-0.39, 0.29) is 32.6 Å². The number of likely N-dealkylation sites (tertiary alicyclic amines) is 1. The van der Waals surface area contributed by atoms with Gasteiger partial charge in [0, 0.05) is 25.7 Å². The highest BCUT2D eigenvalue weighted by Gasteiger charge is 2.65. The molecule has 1 aromatic carbocycles. The molecule has 2 aliphatic heterocycles. The van der Waals surface area contributed by atoms with Crippen LogP contribution in [-0.4, -0.2) is 54.3 Å². The fourth-order valence-electron chi connectivity index (χ4n) is 4.27. The maximum atomic E-state index is 13.3. The first-order valence-corrected chi connectivity index (χ1v) is 11.0. The number of aliphatic hydroxyl groups is 1. The highest BCUT2D eigenvalue weighted by molar-refractivity contribution is 7.97. The van der Waals surface area contributed by atoms with E-state index in [2.05, 4.69) is 4.98 Å². The molecular formula is C20H22F3N3O3S. The number of β-amino-alcohol motifs (C(OH)–C–C–N with tert-alkyl or cyclic N) is 1. The fourth-order valence-corrected chi connectivity index (χ4v) is 6.55. The smallest absolute Gasteiger partial charge is 0.433 e. The Hall–Kier alpha value is -1.85. The Morgan fingerprint density at radius 3 is 2.53 bits per heavy atom. The van der Waals surface area contributed by atoms with E-state index < -0.39 is 33.1 Å². The summed E-state index contributed by atoms with van der Waals surface area (Å²) in [6.07, 6.45) is -4.09. The Morgan fingerprint density at radius 1 is 1.17 bits per heavy atom. The third-order valence-electron chi connectivity index (χ3n) is 5.90. The number of benzene rings is 1. The minimum absolute atomic E-state index is 0.0346. The molecule has 2 saturated heterocycles. The van der Waals surface area contributed by atoms with Crippen molar-refractivity contribution in [1.29, 1.82) is 0 Å². The van der Waals surface area contributed by atoms with Gasteiger partial charge in [-0.2, -0.15) is 13.2 Å². The maximum Gasteiger partial charge on any atom is 0.433 e. The molecule has 1 N–H and O–H groups in total. The lowest BCUT2D eigenvalue weighted by Crippen LogP contribution is -2.51. The van der Waals surface area contributed by atoms with Crippen molar-refractivity contribution in [1.82, 2.24) is 14.2 Å². The predicted octanol–water partition coefficient (Wildman–Crippen LogP) is 2.47. The van der Waals surface area contributed by atoms with E-state index in [1.54, 1.807) is 0 Å². The molecule has 0 amide bonds. The molecule has 2 aromatic rings. The van der Waals surface area contributed by atoms with E-state index in [9.17, 15) is 27.0 Å². The third-order valence-corrected chi connectivity index (χ3v) is 8.49. The van der Waals surface area contributed by atoms with Crippen LogP contribution in [-0.2, 0) is 33.9 Å². The first-order chi connectivity index (χ1) is 14.1. The largest absolute Gasteiger partial charge is 0.597 e. The number of aliphatic hydroxyl groups excluding tert-OH is 1. The maximum absolute atomic E-state index is 13.3. The van der Waals surface area contributed by atoms with Gasteiger partial charge in [0.2, 0.25) is 0 Å². The molecule has 10 heteroatoms. The molecule has 0 bridgehead atoms. The summed E-state index contributed by atoms with van der Waals surface area (Å²) in [5.41, 5.74) is 0.441. The normalized spacial score (nSPS) is 30.4. The zero-order valence-electron chi connectivity index (χ0n) is 16.1. The highest BCUT2D eigenvalue weighted by Crippen LogP contribution is 2.45. The lowest BCUT2D eigenvalue weighted by atomic mass is 10.0. The molecule has 1 unspecified atom stereocenters. The summed E-state index contributed by atoms with van der Waals surface area (Å²) in [6.45, 7) is 1.06. The van der Waals surface area contributed by atoms with E-state index in [0.717, 1.165) is 17.8 Å². The summed E-state index contributed by atoms with van der Waals surface area (Å²) in [5, 5.41) is 10.7. The Kier molecular flexibility index (Phi) is 5.48. The molecule has 0 saturated carbocycles. The standard InChI is InChI=1S/C20H22F3N3O3S/c21-20(22,23)17-7-6-16(10-24-17)11-25-9-8-19(14-25)18(27)13-26(30(19,28)29)12-15-4-2-1-3-5-15/h1-7,10,18,27H,8-9,11-14H2/t18-,19-/m1/s1. The van der Waals surface area contributed by atoms with Crippen molar-refractivity contribution in [2.24, 2.45) is 0 Å². The van der Waals surface area contributed by atoms with Crippen molar-refractivity contribution in [2.45, 2.75) is 36.5 Å². The van der Waals surface area contributed by atoms with Gasteiger partial charge in [-0.3, -0.25) is 9.88 Å². The van der Waals surface area contributed by atoms with Crippen LogP contribution in [0.15, 0.2) is 48.7 Å². The lowest BCUT2D eigenvalue weighted by molar-refractivity contribution is -0.141.